The highest BCUT2D eigenvalue weighted by Gasteiger charge is 2.22. The predicted octanol–water partition coefficient (Wildman–Crippen LogP) is 0.621. The van der Waals surface area contributed by atoms with Crippen LogP contribution in [0.5, 0.6) is 0 Å². The molecule has 0 aliphatic heterocycles. The van der Waals surface area contributed by atoms with Crippen molar-refractivity contribution in [1.29, 1.82) is 0 Å². The molecule has 0 bridgehead atoms. The van der Waals surface area contributed by atoms with Crippen LogP contribution in [0.2, 0.25) is 0 Å². The average Bonchev–Trinajstić information content (AvgIpc) is 2.95. The Labute approximate surface area is 240 Å². The Morgan fingerprint density at radius 1 is 0.976 bits per heavy atom. The predicted molar refractivity (Wildman–Crippen MR) is 155 cm³/mol. The molecule has 0 radical (unpaired) electrons. The third-order valence-electron chi connectivity index (χ3n) is 5.87. The van der Waals surface area contributed by atoms with Gasteiger partial charge in [-0.15, -0.1) is 0 Å². The molecule has 0 aliphatic carbocycles. The Morgan fingerprint density at radius 2 is 1.71 bits per heavy atom. The lowest BCUT2D eigenvalue weighted by Gasteiger charge is -2.18. The molecule has 1 atom stereocenters. The number of nitrogens with one attached hydrogen (secondary N) is 4. The topological polar surface area (TPSA) is 220 Å². The summed E-state index contributed by atoms with van der Waals surface area (Å²) < 4.78 is 10.4. The molecule has 14 heteroatoms. The zero-order valence-electron chi connectivity index (χ0n) is 23.0. The van der Waals surface area contributed by atoms with Gasteiger partial charge in [-0.2, -0.15) is 0 Å². The van der Waals surface area contributed by atoms with E-state index in [2.05, 4.69) is 26.3 Å². The minimum Gasteiger partial charge on any atom is -0.445 e. The largest absolute Gasteiger partial charge is 0.445 e. The summed E-state index contributed by atoms with van der Waals surface area (Å²) in [5.74, 6) is -1.91. The molecule has 0 unspecified atom stereocenters. The Morgan fingerprint density at radius 3 is 2.45 bits per heavy atom. The van der Waals surface area contributed by atoms with Gasteiger partial charge in [0.2, 0.25) is 17.7 Å². The highest BCUT2D eigenvalue weighted by Crippen LogP contribution is 2.20. The first kappa shape index (κ1) is 31.1. The molecule has 0 saturated heterocycles. The standard InChI is InChI=1S/C28H33N7O7/c1-17-12-25(38)42-22-13-19(9-10-20(17)22)34-24(37)15-32-23(36)14-33-26(39)21(8-5-11-31-27(29)30)35-28(40)41-16-18-6-3-2-4-7-18/h2-4,6-7,9-10,12-13,21H,5,8,11,14-16H2,1H3,(H,32,36)(H,33,39)(H,34,37)(H,35,40)(H4,29,30,31)/t21-/m0/s1. The Hall–Kier alpha value is -5.40. The van der Waals surface area contributed by atoms with E-state index >= 15 is 0 Å². The van der Waals surface area contributed by atoms with Crippen molar-refractivity contribution in [1.82, 2.24) is 16.0 Å². The first-order valence-corrected chi connectivity index (χ1v) is 13.0. The van der Waals surface area contributed by atoms with Crippen LogP contribution in [0.15, 0.2) is 68.8 Å². The van der Waals surface area contributed by atoms with Gasteiger partial charge in [0.05, 0.1) is 13.1 Å². The molecular weight excluding hydrogens is 546 g/mol. The molecule has 8 N–H and O–H groups in total. The lowest BCUT2D eigenvalue weighted by Crippen LogP contribution is -2.49. The number of aliphatic imine (C=N–C) groups is 1. The van der Waals surface area contributed by atoms with Crippen LogP contribution in [0.3, 0.4) is 0 Å². The van der Waals surface area contributed by atoms with Gasteiger partial charge in [-0.3, -0.25) is 19.4 Å². The van der Waals surface area contributed by atoms with E-state index in [1.165, 1.54) is 12.1 Å². The zero-order chi connectivity index (χ0) is 30.5. The zero-order valence-corrected chi connectivity index (χ0v) is 23.0. The number of hydrogen-bond donors (Lipinski definition) is 6. The van der Waals surface area contributed by atoms with Crippen LogP contribution in [0, 0.1) is 6.92 Å². The van der Waals surface area contributed by atoms with Crippen LogP contribution in [-0.4, -0.2) is 55.5 Å². The van der Waals surface area contributed by atoms with Crippen molar-refractivity contribution in [3.8, 4) is 0 Å². The summed E-state index contributed by atoms with van der Waals surface area (Å²) in [5, 5.41) is 10.7. The molecule has 4 amide bonds. The molecule has 0 fully saturated rings. The number of guanidine groups is 1. The van der Waals surface area contributed by atoms with Gasteiger partial charge < -0.3 is 41.9 Å². The maximum Gasteiger partial charge on any atom is 0.408 e. The molecule has 2 aromatic carbocycles. The van der Waals surface area contributed by atoms with Gasteiger partial charge in [0, 0.05) is 29.8 Å². The van der Waals surface area contributed by atoms with Crippen molar-refractivity contribution < 1.29 is 28.3 Å². The quantitative estimate of drug-likeness (QED) is 0.0722. The number of nitrogens with zero attached hydrogens (tertiary/aromatic N) is 1. The molecule has 0 aliphatic rings. The minimum atomic E-state index is -1.03. The van der Waals surface area contributed by atoms with Crippen LogP contribution in [0.4, 0.5) is 10.5 Å². The summed E-state index contributed by atoms with van der Waals surface area (Å²) in [6, 6.07) is 14.2. The normalized spacial score (nSPS) is 11.2. The number of carbonyl (C=O) groups excluding carboxylic acids is 4. The smallest absolute Gasteiger partial charge is 0.408 e. The molecule has 222 valence electrons. The van der Waals surface area contributed by atoms with E-state index < -0.39 is 42.0 Å². The number of anilines is 1. The second-order valence-corrected chi connectivity index (χ2v) is 9.21. The van der Waals surface area contributed by atoms with Crippen molar-refractivity contribution in [3.05, 3.63) is 76.1 Å². The summed E-state index contributed by atoms with van der Waals surface area (Å²) in [7, 11) is 0. The summed E-state index contributed by atoms with van der Waals surface area (Å²) in [6.45, 7) is 1.18. The number of nitrogens with two attached hydrogens (primary N) is 2. The fourth-order valence-electron chi connectivity index (χ4n) is 3.82. The number of ether oxygens (including phenoxy) is 1. The summed E-state index contributed by atoms with van der Waals surface area (Å²) in [4.78, 5) is 65.2. The van der Waals surface area contributed by atoms with Gasteiger partial charge in [0.15, 0.2) is 5.96 Å². The van der Waals surface area contributed by atoms with Crippen LogP contribution in [0.1, 0.15) is 24.0 Å². The van der Waals surface area contributed by atoms with Gasteiger partial charge in [0.25, 0.3) is 0 Å². The monoisotopic (exact) mass is 579 g/mol. The van der Waals surface area contributed by atoms with Crippen molar-refractivity contribution in [2.75, 3.05) is 25.0 Å². The Kier molecular flexibility index (Phi) is 11.4. The lowest BCUT2D eigenvalue weighted by atomic mass is 10.1. The van der Waals surface area contributed by atoms with Crippen LogP contribution in [-0.2, 0) is 25.7 Å². The molecule has 3 rings (SSSR count). The van der Waals surface area contributed by atoms with E-state index in [9.17, 15) is 24.0 Å². The number of benzene rings is 2. The number of hydrogen-bond acceptors (Lipinski definition) is 8. The third kappa shape index (κ3) is 10.3. The van der Waals surface area contributed by atoms with Gasteiger partial charge in [-0.25, -0.2) is 9.59 Å². The van der Waals surface area contributed by atoms with Gasteiger partial charge in [-0.05, 0) is 43.0 Å². The maximum atomic E-state index is 12.8. The summed E-state index contributed by atoms with van der Waals surface area (Å²) in [5.41, 5.74) is 12.3. The molecule has 1 aromatic heterocycles. The number of rotatable bonds is 13. The second kappa shape index (κ2) is 15.4. The van der Waals surface area contributed by atoms with E-state index in [4.69, 9.17) is 20.6 Å². The molecule has 14 nitrogen and oxygen atoms in total. The van der Waals surface area contributed by atoms with Crippen LogP contribution >= 0.6 is 0 Å². The van der Waals surface area contributed by atoms with E-state index in [0.29, 0.717) is 17.7 Å². The van der Waals surface area contributed by atoms with Crippen molar-refractivity contribution in [2.24, 2.45) is 16.5 Å². The van der Waals surface area contributed by atoms with Crippen LogP contribution < -0.4 is 38.4 Å². The molecule has 1 heterocycles. The second-order valence-electron chi connectivity index (χ2n) is 9.21. The first-order chi connectivity index (χ1) is 20.1. The fraction of sp³-hybridized carbons (Fsp3) is 0.286. The minimum absolute atomic E-state index is 0.00672. The van der Waals surface area contributed by atoms with Gasteiger partial charge >= 0.3 is 11.7 Å². The molecule has 3 aromatic rings. The molecule has 42 heavy (non-hydrogen) atoms. The average molecular weight is 580 g/mol. The number of carbonyl (C=O) groups is 4. The van der Waals surface area contributed by atoms with E-state index in [1.807, 2.05) is 6.07 Å². The molecule has 0 saturated carbocycles. The highest BCUT2D eigenvalue weighted by molar-refractivity contribution is 5.97. The van der Waals surface area contributed by atoms with E-state index in [0.717, 1.165) is 16.5 Å². The van der Waals surface area contributed by atoms with Crippen molar-refractivity contribution in [2.45, 2.75) is 32.4 Å². The summed E-state index contributed by atoms with van der Waals surface area (Å²) in [6.07, 6.45) is -0.289. The van der Waals surface area contributed by atoms with E-state index in [1.54, 1.807) is 43.3 Å². The number of alkyl carbamates (subject to hydrolysis) is 1. The number of aryl methyl sites for hydroxylation is 1. The van der Waals surface area contributed by atoms with E-state index in [-0.39, 0.29) is 32.1 Å². The van der Waals surface area contributed by atoms with Gasteiger partial charge in [0.1, 0.15) is 18.2 Å². The fourth-order valence-corrected chi connectivity index (χ4v) is 3.82. The SMILES string of the molecule is Cc1cc(=O)oc2cc(NC(=O)CNC(=O)CNC(=O)[C@H](CCCN=C(N)N)NC(=O)OCc3ccccc3)ccc12. The highest BCUT2D eigenvalue weighted by atomic mass is 16.5. The lowest BCUT2D eigenvalue weighted by molar-refractivity contribution is -0.127. The summed E-state index contributed by atoms with van der Waals surface area (Å²) >= 11 is 0. The number of amides is 4. The maximum absolute atomic E-state index is 12.8. The van der Waals surface area contributed by atoms with Gasteiger partial charge in [-0.1, -0.05) is 30.3 Å². The Balaban J connectivity index is 1.47. The Bertz CT molecular complexity index is 1500. The van der Waals surface area contributed by atoms with Crippen molar-refractivity contribution >= 4 is 46.4 Å². The number of fused-ring (bicyclic) bond motifs is 1. The molecular formula is C28H33N7O7. The molecule has 0 spiro atoms. The first-order valence-electron chi connectivity index (χ1n) is 13.0. The third-order valence-corrected chi connectivity index (χ3v) is 5.87. The van der Waals surface area contributed by atoms with Crippen molar-refractivity contribution in [3.63, 3.8) is 0 Å². The van der Waals surface area contributed by atoms with Crippen LogP contribution in [0.25, 0.3) is 11.0 Å².